The minimum Gasteiger partial charge on any atom is -0.383 e. The molecule has 0 fully saturated rings. The highest BCUT2D eigenvalue weighted by Crippen LogP contribution is 2.11. The zero-order valence-corrected chi connectivity index (χ0v) is 7.53. The van der Waals surface area contributed by atoms with E-state index in [0.29, 0.717) is 19.2 Å². The minimum absolute atomic E-state index is 0.510. The van der Waals surface area contributed by atoms with Gasteiger partial charge >= 0.3 is 0 Å². The molecule has 68 valence electrons. The summed E-state index contributed by atoms with van der Waals surface area (Å²) in [5.41, 5.74) is 0.879. The van der Waals surface area contributed by atoms with Crippen molar-refractivity contribution in [1.82, 2.24) is 9.78 Å². The zero-order valence-electron chi connectivity index (χ0n) is 8.53. The van der Waals surface area contributed by atoms with Crippen LogP contribution in [0.15, 0.2) is 30.4 Å². The van der Waals surface area contributed by atoms with E-state index in [0.717, 1.165) is 10.9 Å². The predicted molar refractivity (Wildman–Crippen MR) is 51.6 cm³/mol. The maximum Gasteiger partial charge on any atom is 0.0683 e. The van der Waals surface area contributed by atoms with E-state index in [9.17, 15) is 0 Å². The van der Waals surface area contributed by atoms with E-state index in [2.05, 4.69) is 5.10 Å². The highest BCUT2D eigenvalue weighted by Gasteiger charge is 1.99. The topological polar surface area (TPSA) is 27.1 Å². The van der Waals surface area contributed by atoms with Crippen LogP contribution in [-0.2, 0) is 11.3 Å². The van der Waals surface area contributed by atoms with Crippen molar-refractivity contribution < 1.29 is 6.11 Å². The molecule has 0 radical (unpaired) electrons. The summed E-state index contributed by atoms with van der Waals surface area (Å²) in [4.78, 5) is 0. The SMILES string of the molecule is [2H]c1cccc2cnn(CCOC)c12. The Bertz CT molecular complexity index is 439. The Morgan fingerprint density at radius 1 is 1.62 bits per heavy atom. The normalized spacial score (nSPS) is 11.9. The first-order chi connectivity index (χ1) is 6.83. The molecule has 1 heterocycles. The Balaban J connectivity index is 2.45. The van der Waals surface area contributed by atoms with Crippen molar-refractivity contribution in [3.8, 4) is 0 Å². The lowest BCUT2D eigenvalue weighted by molar-refractivity contribution is 0.185. The Labute approximate surface area is 78.3 Å². The second-order valence-electron chi connectivity index (χ2n) is 2.83. The smallest absolute Gasteiger partial charge is 0.0683 e. The lowest BCUT2D eigenvalue weighted by Gasteiger charge is -2.01. The van der Waals surface area contributed by atoms with Crippen LogP contribution >= 0.6 is 0 Å². The molecule has 0 atom stereocenters. The fraction of sp³-hybridized carbons (Fsp3) is 0.300. The van der Waals surface area contributed by atoms with E-state index in [-0.39, 0.29) is 0 Å². The van der Waals surface area contributed by atoms with E-state index in [4.69, 9.17) is 6.11 Å². The van der Waals surface area contributed by atoms with Crippen LogP contribution in [0.1, 0.15) is 1.37 Å². The van der Waals surface area contributed by atoms with Gasteiger partial charge in [0.05, 0.1) is 26.2 Å². The molecule has 0 N–H and O–H groups in total. The number of hydrogen-bond acceptors (Lipinski definition) is 2. The standard InChI is InChI=1S/C10H12N2O/c1-13-7-6-12-10-5-3-2-4-9(10)8-11-12/h2-5,8H,6-7H2,1H3/i5D. The monoisotopic (exact) mass is 177 g/mol. The number of benzene rings is 1. The number of hydrogen-bond donors (Lipinski definition) is 0. The van der Waals surface area contributed by atoms with E-state index in [1.54, 1.807) is 24.1 Å². The van der Waals surface area contributed by atoms with E-state index < -0.39 is 0 Å². The molecule has 1 aromatic carbocycles. The molecule has 2 rings (SSSR count). The Kier molecular flexibility index (Phi) is 1.95. The van der Waals surface area contributed by atoms with Gasteiger partial charge in [0, 0.05) is 12.5 Å². The van der Waals surface area contributed by atoms with Gasteiger partial charge in [-0.1, -0.05) is 18.2 Å². The Hall–Kier alpha value is -1.35. The summed E-state index contributed by atoms with van der Waals surface area (Å²) in [6.45, 7) is 1.31. The van der Waals surface area contributed by atoms with Crippen molar-refractivity contribution in [3.05, 3.63) is 30.4 Å². The molecule has 1 aromatic heterocycles. The molecule has 0 amide bonds. The van der Waals surface area contributed by atoms with E-state index in [1.165, 1.54) is 0 Å². The molecule has 0 bridgehead atoms. The highest BCUT2D eigenvalue weighted by molar-refractivity contribution is 5.78. The first kappa shape index (κ1) is 7.09. The van der Waals surface area contributed by atoms with Gasteiger partial charge in [-0.3, -0.25) is 4.68 Å². The second kappa shape index (κ2) is 3.58. The molecule has 2 aromatic rings. The molecule has 0 aliphatic carbocycles. The third kappa shape index (κ3) is 1.55. The maximum atomic E-state index is 7.76. The Morgan fingerprint density at radius 3 is 3.38 bits per heavy atom. The van der Waals surface area contributed by atoms with Crippen molar-refractivity contribution in [2.24, 2.45) is 0 Å². The third-order valence-corrected chi connectivity index (χ3v) is 1.97. The number of para-hydroxylation sites is 1. The molecule has 3 heteroatoms. The van der Waals surface area contributed by atoms with Crippen molar-refractivity contribution in [1.29, 1.82) is 0 Å². The fourth-order valence-corrected chi connectivity index (χ4v) is 1.31. The predicted octanol–water partition coefficient (Wildman–Crippen LogP) is 1.68. The Morgan fingerprint density at radius 2 is 2.54 bits per heavy atom. The second-order valence-corrected chi connectivity index (χ2v) is 2.83. The summed E-state index contributed by atoms with van der Waals surface area (Å²) in [5.74, 6) is 0. The van der Waals surface area contributed by atoms with Crippen LogP contribution in [0.5, 0.6) is 0 Å². The molecule has 0 saturated heterocycles. The van der Waals surface area contributed by atoms with E-state index in [1.807, 2.05) is 12.1 Å². The summed E-state index contributed by atoms with van der Waals surface area (Å²) in [6, 6.07) is 6.11. The summed E-state index contributed by atoms with van der Waals surface area (Å²) < 4.78 is 14.5. The van der Waals surface area contributed by atoms with Gasteiger partial charge in [0.2, 0.25) is 0 Å². The van der Waals surface area contributed by atoms with Crippen molar-refractivity contribution in [3.63, 3.8) is 0 Å². The molecule has 0 aliphatic rings. The van der Waals surface area contributed by atoms with Crippen LogP contribution in [-0.4, -0.2) is 23.5 Å². The van der Waals surface area contributed by atoms with Crippen molar-refractivity contribution >= 4 is 10.9 Å². The van der Waals surface area contributed by atoms with Crippen LogP contribution < -0.4 is 0 Å². The molecule has 13 heavy (non-hydrogen) atoms. The summed E-state index contributed by atoms with van der Waals surface area (Å²) in [5, 5.41) is 5.22. The molecule has 0 spiro atoms. The van der Waals surface area contributed by atoms with Gasteiger partial charge < -0.3 is 4.74 Å². The quantitative estimate of drug-likeness (QED) is 0.713. The summed E-state index contributed by atoms with van der Waals surface area (Å²) in [7, 11) is 1.66. The lowest BCUT2D eigenvalue weighted by Crippen LogP contribution is -2.04. The van der Waals surface area contributed by atoms with Crippen LogP contribution in [0, 0.1) is 0 Å². The molecular formula is C10H12N2O. The van der Waals surface area contributed by atoms with Crippen LogP contribution in [0.2, 0.25) is 0 Å². The molecule has 0 unspecified atom stereocenters. The first-order valence-electron chi connectivity index (χ1n) is 4.73. The van der Waals surface area contributed by atoms with Crippen LogP contribution in [0.4, 0.5) is 0 Å². The van der Waals surface area contributed by atoms with Gasteiger partial charge in [-0.05, 0) is 6.04 Å². The van der Waals surface area contributed by atoms with Gasteiger partial charge in [-0.15, -0.1) is 0 Å². The van der Waals surface area contributed by atoms with Crippen LogP contribution in [0.25, 0.3) is 10.9 Å². The number of ether oxygens (including phenoxy) is 1. The fourth-order valence-electron chi connectivity index (χ4n) is 1.31. The average molecular weight is 177 g/mol. The van der Waals surface area contributed by atoms with E-state index >= 15 is 0 Å². The van der Waals surface area contributed by atoms with Crippen LogP contribution in [0.3, 0.4) is 0 Å². The number of fused-ring (bicyclic) bond motifs is 1. The molecule has 0 aliphatic heterocycles. The lowest BCUT2D eigenvalue weighted by atomic mass is 10.3. The molecular weight excluding hydrogens is 164 g/mol. The average Bonchev–Trinajstić information content (AvgIpc) is 2.59. The zero-order chi connectivity index (χ0) is 9.97. The minimum atomic E-state index is 0.510. The van der Waals surface area contributed by atoms with Gasteiger partial charge in [0.1, 0.15) is 0 Å². The molecule has 3 nitrogen and oxygen atoms in total. The largest absolute Gasteiger partial charge is 0.383 e. The van der Waals surface area contributed by atoms with Crippen molar-refractivity contribution in [2.75, 3.05) is 13.7 Å². The number of nitrogens with zero attached hydrogens (tertiary/aromatic N) is 2. The summed E-state index contributed by atoms with van der Waals surface area (Å²) >= 11 is 0. The summed E-state index contributed by atoms with van der Waals surface area (Å²) in [6.07, 6.45) is 1.78. The highest BCUT2D eigenvalue weighted by atomic mass is 16.5. The maximum absolute atomic E-state index is 7.76. The van der Waals surface area contributed by atoms with Gasteiger partial charge in [-0.25, -0.2) is 0 Å². The van der Waals surface area contributed by atoms with Gasteiger partial charge in [-0.2, -0.15) is 5.10 Å². The number of methoxy groups -OCH3 is 1. The first-order valence-corrected chi connectivity index (χ1v) is 4.23. The molecule has 0 saturated carbocycles. The number of aromatic nitrogens is 2. The van der Waals surface area contributed by atoms with Crippen molar-refractivity contribution in [2.45, 2.75) is 6.54 Å². The van der Waals surface area contributed by atoms with Gasteiger partial charge in [0.25, 0.3) is 0 Å². The third-order valence-electron chi connectivity index (χ3n) is 1.97. The number of rotatable bonds is 3. The van der Waals surface area contributed by atoms with Gasteiger partial charge in [0.15, 0.2) is 0 Å².